The summed E-state index contributed by atoms with van der Waals surface area (Å²) in [5.74, 6) is -0.416. The predicted molar refractivity (Wildman–Crippen MR) is 60.9 cm³/mol. The van der Waals surface area contributed by atoms with E-state index in [0.717, 1.165) is 5.56 Å². The minimum absolute atomic E-state index is 0.416. The molecule has 1 aliphatic rings. The van der Waals surface area contributed by atoms with Crippen molar-refractivity contribution in [1.82, 2.24) is 0 Å². The van der Waals surface area contributed by atoms with Gasteiger partial charge in [0.25, 0.3) is 0 Å². The van der Waals surface area contributed by atoms with Crippen LogP contribution in [0, 0.1) is 0 Å². The van der Waals surface area contributed by atoms with Gasteiger partial charge in [-0.2, -0.15) is 0 Å². The molecule has 5 heteroatoms. The van der Waals surface area contributed by atoms with Crippen LogP contribution in [0.1, 0.15) is 29.8 Å². The molecule has 0 spiro atoms. The highest BCUT2D eigenvalue weighted by atomic mass is 16.6. The molecule has 2 rings (SSSR count). The topological polar surface area (TPSA) is 64.6 Å². The third kappa shape index (κ3) is 1.95. The van der Waals surface area contributed by atoms with E-state index in [-0.39, 0.29) is 0 Å². The molecule has 0 aliphatic carbocycles. The number of carbonyl (C=O) groups excluding carboxylic acids is 2. The van der Waals surface area contributed by atoms with E-state index in [4.69, 9.17) is 4.74 Å². The number of rotatable bonds is 1. The number of ether oxygens (including phenoxy) is 2. The highest BCUT2D eigenvalue weighted by Gasteiger charge is 2.33. The molecule has 1 N–H and O–H groups in total. The van der Waals surface area contributed by atoms with Gasteiger partial charge in [-0.3, -0.25) is 5.32 Å². The molecule has 0 fully saturated rings. The van der Waals surface area contributed by atoms with Gasteiger partial charge in [-0.25, -0.2) is 9.59 Å². The Balaban J connectivity index is 2.51. The van der Waals surface area contributed by atoms with Crippen LogP contribution in [-0.4, -0.2) is 19.2 Å². The van der Waals surface area contributed by atoms with E-state index in [1.807, 2.05) is 0 Å². The van der Waals surface area contributed by atoms with Crippen molar-refractivity contribution in [3.05, 3.63) is 29.3 Å². The molecule has 1 aliphatic heterocycles. The van der Waals surface area contributed by atoms with E-state index in [1.54, 1.807) is 32.0 Å². The second-order valence-corrected chi connectivity index (χ2v) is 4.28. The van der Waals surface area contributed by atoms with Crippen LogP contribution in [0.4, 0.5) is 10.5 Å². The van der Waals surface area contributed by atoms with E-state index in [1.165, 1.54) is 7.11 Å². The number of benzene rings is 1. The summed E-state index contributed by atoms with van der Waals surface area (Å²) in [6.45, 7) is 3.54. The highest BCUT2D eigenvalue weighted by Crippen LogP contribution is 2.35. The average Bonchev–Trinajstić information content (AvgIpc) is 2.26. The van der Waals surface area contributed by atoms with E-state index < -0.39 is 17.7 Å². The SMILES string of the molecule is COC(=O)c1ccc2c(c1)C(C)(C)OC(=O)N2. The molecule has 5 nitrogen and oxygen atoms in total. The van der Waals surface area contributed by atoms with Gasteiger partial charge in [0, 0.05) is 5.56 Å². The van der Waals surface area contributed by atoms with Gasteiger partial charge in [0.15, 0.2) is 0 Å². The number of amides is 1. The maximum Gasteiger partial charge on any atom is 0.412 e. The van der Waals surface area contributed by atoms with Crippen molar-refractivity contribution in [1.29, 1.82) is 0 Å². The average molecular weight is 235 g/mol. The Morgan fingerprint density at radius 2 is 2.12 bits per heavy atom. The molecule has 90 valence electrons. The van der Waals surface area contributed by atoms with Gasteiger partial charge in [-0.15, -0.1) is 0 Å². The van der Waals surface area contributed by atoms with Gasteiger partial charge < -0.3 is 9.47 Å². The van der Waals surface area contributed by atoms with Crippen molar-refractivity contribution < 1.29 is 19.1 Å². The molecule has 1 aromatic rings. The Bertz CT molecular complexity index is 493. The van der Waals surface area contributed by atoms with Crippen molar-refractivity contribution in [2.75, 3.05) is 12.4 Å². The fourth-order valence-electron chi connectivity index (χ4n) is 1.82. The fourth-order valence-corrected chi connectivity index (χ4v) is 1.82. The quantitative estimate of drug-likeness (QED) is 0.758. The number of cyclic esters (lactones) is 1. The molecular weight excluding hydrogens is 222 g/mol. The molecule has 0 atom stereocenters. The molecule has 0 radical (unpaired) electrons. The zero-order valence-electron chi connectivity index (χ0n) is 9.87. The first-order valence-corrected chi connectivity index (χ1v) is 5.17. The number of hydrogen-bond acceptors (Lipinski definition) is 4. The Morgan fingerprint density at radius 3 is 2.76 bits per heavy atom. The summed E-state index contributed by atoms with van der Waals surface area (Å²) in [6.07, 6.45) is -0.492. The summed E-state index contributed by atoms with van der Waals surface area (Å²) >= 11 is 0. The molecule has 1 aromatic carbocycles. The third-order valence-corrected chi connectivity index (χ3v) is 2.67. The van der Waals surface area contributed by atoms with Crippen LogP contribution in [0.15, 0.2) is 18.2 Å². The monoisotopic (exact) mass is 235 g/mol. The second-order valence-electron chi connectivity index (χ2n) is 4.28. The van der Waals surface area contributed by atoms with Gasteiger partial charge in [-0.05, 0) is 32.0 Å². The van der Waals surface area contributed by atoms with Crippen LogP contribution >= 0.6 is 0 Å². The van der Waals surface area contributed by atoms with Crippen molar-refractivity contribution in [3.63, 3.8) is 0 Å². The lowest BCUT2D eigenvalue weighted by Crippen LogP contribution is -2.34. The first-order chi connectivity index (χ1) is 7.94. The molecule has 0 aromatic heterocycles. The first-order valence-electron chi connectivity index (χ1n) is 5.17. The first kappa shape index (κ1) is 11.4. The summed E-state index contributed by atoms with van der Waals surface area (Å²) in [5, 5.41) is 2.59. The number of nitrogens with one attached hydrogen (secondary N) is 1. The molecule has 0 unspecified atom stereocenters. The minimum Gasteiger partial charge on any atom is -0.465 e. The number of methoxy groups -OCH3 is 1. The van der Waals surface area contributed by atoms with Crippen molar-refractivity contribution in [2.45, 2.75) is 19.4 Å². The maximum atomic E-state index is 11.4. The smallest absolute Gasteiger partial charge is 0.412 e. The minimum atomic E-state index is -0.762. The largest absolute Gasteiger partial charge is 0.465 e. The second kappa shape index (κ2) is 3.76. The van der Waals surface area contributed by atoms with Crippen molar-refractivity contribution in [2.24, 2.45) is 0 Å². The maximum absolute atomic E-state index is 11.4. The summed E-state index contributed by atoms with van der Waals surface area (Å²) in [7, 11) is 1.32. The number of esters is 1. The van der Waals surface area contributed by atoms with Crippen LogP contribution in [0.5, 0.6) is 0 Å². The van der Waals surface area contributed by atoms with E-state index in [9.17, 15) is 9.59 Å². The number of hydrogen-bond donors (Lipinski definition) is 1. The van der Waals surface area contributed by atoms with Gasteiger partial charge in [0.05, 0.1) is 18.4 Å². The van der Waals surface area contributed by atoms with Gasteiger partial charge >= 0.3 is 12.1 Å². The molecule has 0 saturated carbocycles. The Labute approximate surface area is 98.7 Å². The summed E-state index contributed by atoms with van der Waals surface area (Å²) in [6, 6.07) is 4.94. The van der Waals surface area contributed by atoms with Crippen molar-refractivity contribution in [3.8, 4) is 0 Å². The lowest BCUT2D eigenvalue weighted by atomic mass is 9.93. The van der Waals surface area contributed by atoms with Gasteiger partial charge in [0.1, 0.15) is 5.60 Å². The molecule has 1 heterocycles. The van der Waals surface area contributed by atoms with Gasteiger partial charge in [-0.1, -0.05) is 0 Å². The van der Waals surface area contributed by atoms with E-state index >= 15 is 0 Å². The normalized spacial score (nSPS) is 16.5. The lowest BCUT2D eigenvalue weighted by molar-refractivity contribution is 0.0419. The number of fused-ring (bicyclic) bond motifs is 1. The lowest BCUT2D eigenvalue weighted by Gasteiger charge is -2.32. The van der Waals surface area contributed by atoms with E-state index in [2.05, 4.69) is 10.1 Å². The van der Waals surface area contributed by atoms with Gasteiger partial charge in [0.2, 0.25) is 0 Å². The van der Waals surface area contributed by atoms with E-state index in [0.29, 0.717) is 11.3 Å². The van der Waals surface area contributed by atoms with Crippen LogP contribution in [0.3, 0.4) is 0 Å². The number of carbonyl (C=O) groups is 2. The molecule has 0 bridgehead atoms. The number of anilines is 1. The summed E-state index contributed by atoms with van der Waals surface area (Å²) < 4.78 is 9.82. The molecule has 17 heavy (non-hydrogen) atoms. The standard InChI is InChI=1S/C12H13NO4/c1-12(2)8-6-7(10(14)16-3)4-5-9(8)13-11(15)17-12/h4-6H,1-3H3,(H,13,15). The Hall–Kier alpha value is -2.04. The van der Waals surface area contributed by atoms with Crippen molar-refractivity contribution >= 4 is 17.7 Å². The predicted octanol–water partition coefficient (Wildman–Crippen LogP) is 2.27. The summed E-state index contributed by atoms with van der Waals surface area (Å²) in [5.41, 5.74) is 1.07. The zero-order valence-corrected chi connectivity index (χ0v) is 9.87. The summed E-state index contributed by atoms with van der Waals surface area (Å²) in [4.78, 5) is 22.7. The highest BCUT2D eigenvalue weighted by molar-refractivity contribution is 5.93. The van der Waals surface area contributed by atoms with Crippen LogP contribution in [-0.2, 0) is 15.1 Å². The zero-order chi connectivity index (χ0) is 12.6. The molecule has 1 amide bonds. The van der Waals surface area contributed by atoms with Crippen LogP contribution in [0.2, 0.25) is 0 Å². The molecule has 0 saturated heterocycles. The molecular formula is C12H13NO4. The fraction of sp³-hybridized carbons (Fsp3) is 0.333. The Kier molecular flexibility index (Phi) is 2.53. The van der Waals surface area contributed by atoms with Crippen LogP contribution < -0.4 is 5.32 Å². The Morgan fingerprint density at radius 1 is 1.41 bits per heavy atom. The third-order valence-electron chi connectivity index (χ3n) is 2.67. The van der Waals surface area contributed by atoms with Crippen LogP contribution in [0.25, 0.3) is 0 Å².